The topological polar surface area (TPSA) is 72.9 Å². The maximum atomic E-state index is 12.1. The van der Waals surface area contributed by atoms with Gasteiger partial charge in [-0.3, -0.25) is 9.48 Å². The van der Waals surface area contributed by atoms with E-state index in [0.717, 1.165) is 23.2 Å². The van der Waals surface area contributed by atoms with E-state index in [0.29, 0.717) is 6.54 Å². The van der Waals surface area contributed by atoms with Gasteiger partial charge in [0.1, 0.15) is 6.04 Å². The number of rotatable bonds is 5. The van der Waals surface area contributed by atoms with Crippen molar-refractivity contribution < 1.29 is 4.79 Å². The molecule has 106 valence electrons. The SMILES string of the molecule is CCc1nn(C)cc1CNC(=O)[C@@H](N)c1ccccc1. The molecule has 2 aromatic rings. The first kappa shape index (κ1) is 14.3. The van der Waals surface area contributed by atoms with E-state index in [1.807, 2.05) is 50.5 Å². The normalized spacial score (nSPS) is 12.2. The number of carbonyl (C=O) groups is 1. The fraction of sp³-hybridized carbons (Fsp3) is 0.333. The molecule has 0 bridgehead atoms. The van der Waals surface area contributed by atoms with Crippen LogP contribution in [0.25, 0.3) is 0 Å². The van der Waals surface area contributed by atoms with Crippen molar-refractivity contribution in [3.8, 4) is 0 Å². The smallest absolute Gasteiger partial charge is 0.241 e. The van der Waals surface area contributed by atoms with Gasteiger partial charge in [-0.05, 0) is 12.0 Å². The lowest BCUT2D eigenvalue weighted by atomic mass is 10.1. The number of hydrogen-bond donors (Lipinski definition) is 2. The molecular weight excluding hydrogens is 252 g/mol. The number of aryl methyl sites for hydroxylation is 2. The van der Waals surface area contributed by atoms with Crippen LogP contribution >= 0.6 is 0 Å². The lowest BCUT2D eigenvalue weighted by Crippen LogP contribution is -2.33. The summed E-state index contributed by atoms with van der Waals surface area (Å²) in [4.78, 5) is 12.1. The molecule has 0 saturated carbocycles. The quantitative estimate of drug-likeness (QED) is 0.861. The van der Waals surface area contributed by atoms with Crippen molar-refractivity contribution in [3.05, 3.63) is 53.3 Å². The summed E-state index contributed by atoms with van der Waals surface area (Å²) in [6, 6.07) is 8.71. The Morgan fingerprint density at radius 2 is 2.10 bits per heavy atom. The van der Waals surface area contributed by atoms with Gasteiger partial charge >= 0.3 is 0 Å². The second-order valence-corrected chi connectivity index (χ2v) is 4.73. The van der Waals surface area contributed by atoms with Crippen molar-refractivity contribution in [2.24, 2.45) is 12.8 Å². The molecule has 0 saturated heterocycles. The Labute approximate surface area is 118 Å². The number of hydrogen-bond acceptors (Lipinski definition) is 3. The molecule has 0 aliphatic heterocycles. The molecule has 0 radical (unpaired) electrons. The van der Waals surface area contributed by atoms with Gasteiger partial charge in [-0.1, -0.05) is 37.3 Å². The Kier molecular flexibility index (Phi) is 4.53. The zero-order valence-corrected chi connectivity index (χ0v) is 11.8. The summed E-state index contributed by atoms with van der Waals surface area (Å²) in [5.41, 5.74) is 8.79. The van der Waals surface area contributed by atoms with Crippen molar-refractivity contribution in [3.63, 3.8) is 0 Å². The summed E-state index contributed by atoms with van der Waals surface area (Å²) in [5.74, 6) is -0.179. The predicted octanol–water partition coefficient (Wildman–Crippen LogP) is 1.30. The fourth-order valence-electron chi connectivity index (χ4n) is 2.13. The number of aromatic nitrogens is 2. The summed E-state index contributed by atoms with van der Waals surface area (Å²) in [7, 11) is 1.88. The van der Waals surface area contributed by atoms with E-state index in [1.54, 1.807) is 4.68 Å². The Morgan fingerprint density at radius 1 is 1.40 bits per heavy atom. The molecule has 5 heteroatoms. The average molecular weight is 272 g/mol. The van der Waals surface area contributed by atoms with Gasteiger partial charge in [0, 0.05) is 25.4 Å². The second kappa shape index (κ2) is 6.34. The first-order valence-electron chi connectivity index (χ1n) is 6.71. The molecule has 1 aromatic carbocycles. The molecule has 5 nitrogen and oxygen atoms in total. The maximum absolute atomic E-state index is 12.1. The third-order valence-corrected chi connectivity index (χ3v) is 3.22. The minimum absolute atomic E-state index is 0.179. The van der Waals surface area contributed by atoms with Crippen molar-refractivity contribution >= 4 is 5.91 Å². The van der Waals surface area contributed by atoms with E-state index in [2.05, 4.69) is 10.4 Å². The lowest BCUT2D eigenvalue weighted by Gasteiger charge is -2.12. The fourth-order valence-corrected chi connectivity index (χ4v) is 2.13. The molecule has 0 spiro atoms. The van der Waals surface area contributed by atoms with Gasteiger partial charge in [0.25, 0.3) is 0 Å². The third-order valence-electron chi connectivity index (χ3n) is 3.22. The van der Waals surface area contributed by atoms with Crippen LogP contribution in [0, 0.1) is 0 Å². The highest BCUT2D eigenvalue weighted by Crippen LogP contribution is 2.11. The first-order chi connectivity index (χ1) is 9.61. The van der Waals surface area contributed by atoms with Gasteiger partial charge in [-0.2, -0.15) is 5.10 Å². The van der Waals surface area contributed by atoms with E-state index in [9.17, 15) is 4.79 Å². The van der Waals surface area contributed by atoms with E-state index >= 15 is 0 Å². The van der Waals surface area contributed by atoms with Crippen LogP contribution in [-0.4, -0.2) is 15.7 Å². The van der Waals surface area contributed by atoms with Crippen molar-refractivity contribution in [1.82, 2.24) is 15.1 Å². The molecule has 20 heavy (non-hydrogen) atoms. The minimum atomic E-state index is -0.641. The zero-order chi connectivity index (χ0) is 14.5. The van der Waals surface area contributed by atoms with Gasteiger partial charge in [0.2, 0.25) is 5.91 Å². The van der Waals surface area contributed by atoms with E-state index < -0.39 is 6.04 Å². The van der Waals surface area contributed by atoms with Gasteiger partial charge in [0.05, 0.1) is 5.69 Å². The van der Waals surface area contributed by atoms with Crippen LogP contribution in [0.3, 0.4) is 0 Å². The summed E-state index contributed by atoms with van der Waals surface area (Å²) in [5, 5.41) is 7.21. The van der Waals surface area contributed by atoms with Crippen molar-refractivity contribution in [2.75, 3.05) is 0 Å². The average Bonchev–Trinajstić information content (AvgIpc) is 2.85. The summed E-state index contributed by atoms with van der Waals surface area (Å²) in [6.45, 7) is 2.50. The molecule has 0 unspecified atom stereocenters. The number of nitrogens with two attached hydrogens (primary N) is 1. The molecule has 1 amide bonds. The maximum Gasteiger partial charge on any atom is 0.241 e. The summed E-state index contributed by atoms with van der Waals surface area (Å²) in [6.07, 6.45) is 2.77. The second-order valence-electron chi connectivity index (χ2n) is 4.73. The predicted molar refractivity (Wildman–Crippen MR) is 77.8 cm³/mol. The van der Waals surface area contributed by atoms with Crippen LogP contribution in [0.5, 0.6) is 0 Å². The van der Waals surface area contributed by atoms with Crippen molar-refractivity contribution in [2.45, 2.75) is 25.9 Å². The molecule has 0 fully saturated rings. The van der Waals surface area contributed by atoms with Crippen LogP contribution in [0.4, 0.5) is 0 Å². The standard InChI is InChI=1S/C15H20N4O/c1-3-13-12(10-19(2)18-13)9-17-15(20)14(16)11-7-5-4-6-8-11/h4-8,10,14H,3,9,16H2,1-2H3,(H,17,20)/t14-/m0/s1. The van der Waals surface area contributed by atoms with Gasteiger partial charge in [-0.25, -0.2) is 0 Å². The molecule has 0 aliphatic carbocycles. The van der Waals surface area contributed by atoms with Gasteiger partial charge < -0.3 is 11.1 Å². The highest BCUT2D eigenvalue weighted by Gasteiger charge is 2.15. The van der Waals surface area contributed by atoms with Crippen molar-refractivity contribution in [1.29, 1.82) is 0 Å². The first-order valence-corrected chi connectivity index (χ1v) is 6.71. The van der Waals surface area contributed by atoms with Crippen LogP contribution in [-0.2, 0) is 24.8 Å². The number of amides is 1. The Morgan fingerprint density at radius 3 is 2.75 bits per heavy atom. The number of benzene rings is 1. The highest BCUT2D eigenvalue weighted by molar-refractivity contribution is 5.82. The zero-order valence-electron chi connectivity index (χ0n) is 11.8. The van der Waals surface area contributed by atoms with Crippen LogP contribution in [0.15, 0.2) is 36.5 Å². The van der Waals surface area contributed by atoms with E-state index in [1.165, 1.54) is 0 Å². The molecular formula is C15H20N4O. The molecule has 1 aromatic heterocycles. The monoisotopic (exact) mass is 272 g/mol. The van der Waals surface area contributed by atoms with Gasteiger partial charge in [-0.15, -0.1) is 0 Å². The Balaban J connectivity index is 1.98. The molecule has 1 atom stereocenters. The lowest BCUT2D eigenvalue weighted by molar-refractivity contribution is -0.122. The van der Waals surface area contributed by atoms with Crippen LogP contribution < -0.4 is 11.1 Å². The highest BCUT2D eigenvalue weighted by atomic mass is 16.2. The Hall–Kier alpha value is -2.14. The summed E-state index contributed by atoms with van der Waals surface area (Å²) >= 11 is 0. The largest absolute Gasteiger partial charge is 0.350 e. The number of carbonyl (C=O) groups excluding carboxylic acids is 1. The summed E-state index contributed by atoms with van der Waals surface area (Å²) < 4.78 is 1.76. The van der Waals surface area contributed by atoms with E-state index in [4.69, 9.17) is 5.73 Å². The number of nitrogens with zero attached hydrogens (tertiary/aromatic N) is 2. The van der Waals surface area contributed by atoms with Gasteiger partial charge in [0.15, 0.2) is 0 Å². The third kappa shape index (κ3) is 3.24. The molecule has 1 heterocycles. The van der Waals surface area contributed by atoms with E-state index in [-0.39, 0.29) is 5.91 Å². The van der Waals surface area contributed by atoms with Crippen LogP contribution in [0.2, 0.25) is 0 Å². The molecule has 3 N–H and O–H groups in total. The molecule has 0 aliphatic rings. The van der Waals surface area contributed by atoms with Crippen LogP contribution in [0.1, 0.15) is 29.8 Å². The minimum Gasteiger partial charge on any atom is -0.350 e. The Bertz CT molecular complexity index is 577. The number of nitrogens with one attached hydrogen (secondary N) is 1. The molecule has 2 rings (SSSR count).